The first-order valence-corrected chi connectivity index (χ1v) is 14.8. The van der Waals surface area contributed by atoms with Gasteiger partial charge in [-0.3, -0.25) is 13.9 Å². The van der Waals surface area contributed by atoms with Gasteiger partial charge in [0.05, 0.1) is 11.9 Å². The molecule has 2 aromatic carbocycles. The van der Waals surface area contributed by atoms with Crippen LogP contribution in [0.1, 0.15) is 51.0 Å². The molecule has 2 amide bonds. The number of sulfonamides is 1. The molecule has 0 saturated heterocycles. The maximum atomic E-state index is 13.3. The quantitative estimate of drug-likeness (QED) is 0.420. The largest absolute Gasteiger partial charge is 0.352 e. The third kappa shape index (κ3) is 8.03. The molecule has 1 saturated carbocycles. The molecule has 0 radical (unpaired) electrons. The lowest BCUT2D eigenvalue weighted by molar-refractivity contribution is -0.141. The van der Waals surface area contributed by atoms with E-state index in [4.69, 9.17) is 0 Å². The van der Waals surface area contributed by atoms with Crippen molar-refractivity contribution in [2.75, 3.05) is 17.1 Å². The third-order valence-corrected chi connectivity index (χ3v) is 8.12. The highest BCUT2D eigenvalue weighted by molar-refractivity contribution is 9.10. The van der Waals surface area contributed by atoms with Crippen LogP contribution in [0.2, 0.25) is 0 Å². The smallest absolute Gasteiger partial charge is 0.242 e. The minimum absolute atomic E-state index is 0.0603. The fourth-order valence-electron chi connectivity index (χ4n) is 4.37. The predicted molar refractivity (Wildman–Crippen MR) is 142 cm³/mol. The molecule has 0 bridgehead atoms. The Kier molecular flexibility index (Phi) is 9.90. The van der Waals surface area contributed by atoms with Gasteiger partial charge < -0.3 is 10.2 Å². The molecule has 2 aromatic rings. The van der Waals surface area contributed by atoms with Gasteiger partial charge in [-0.2, -0.15) is 0 Å². The molecule has 1 aliphatic rings. The molecule has 1 aliphatic carbocycles. The van der Waals surface area contributed by atoms with Gasteiger partial charge in [-0.15, -0.1) is 0 Å². The Morgan fingerprint density at radius 1 is 1.08 bits per heavy atom. The minimum atomic E-state index is -3.63. The van der Waals surface area contributed by atoms with Crippen LogP contribution in [0.4, 0.5) is 10.1 Å². The number of carbonyl (C=O) groups excluding carboxylic acids is 2. The van der Waals surface area contributed by atoms with Crippen LogP contribution in [0.5, 0.6) is 0 Å². The number of hydrogen-bond donors (Lipinski definition) is 1. The topological polar surface area (TPSA) is 86.8 Å². The fourth-order valence-corrected chi connectivity index (χ4v) is 5.60. The summed E-state index contributed by atoms with van der Waals surface area (Å²) in [7, 11) is -3.63. The lowest BCUT2D eigenvalue weighted by Gasteiger charge is -2.30. The highest BCUT2D eigenvalue weighted by Crippen LogP contribution is 2.21. The maximum absolute atomic E-state index is 13.3. The number of nitrogens with zero attached hydrogens (tertiary/aromatic N) is 2. The third-order valence-electron chi connectivity index (χ3n) is 6.40. The van der Waals surface area contributed by atoms with Gasteiger partial charge in [0.25, 0.3) is 0 Å². The van der Waals surface area contributed by atoms with Gasteiger partial charge in [0.1, 0.15) is 11.9 Å². The van der Waals surface area contributed by atoms with E-state index >= 15 is 0 Å². The van der Waals surface area contributed by atoms with Crippen molar-refractivity contribution < 1.29 is 22.4 Å². The standard InChI is InChI=1S/C26H33BrFN3O4S/c1-19(26(33)29-23-6-3-4-7-23)30(18-20-9-11-21(27)12-10-20)25(32)8-5-17-31(36(2,34)35)24-15-13-22(28)14-16-24/h9-16,19,23H,3-8,17-18H2,1-2H3,(H,29,33)/t19-/m1/s1. The van der Waals surface area contributed by atoms with Crippen LogP contribution >= 0.6 is 15.9 Å². The SMILES string of the molecule is C[C@H](C(=O)NC1CCCC1)N(Cc1ccc(Br)cc1)C(=O)CCCN(c1ccc(F)cc1)S(C)(=O)=O. The van der Waals surface area contributed by atoms with E-state index in [0.717, 1.165) is 46.3 Å². The molecule has 0 spiro atoms. The van der Waals surface area contributed by atoms with E-state index in [1.54, 1.807) is 11.8 Å². The van der Waals surface area contributed by atoms with Crippen molar-refractivity contribution in [2.45, 2.75) is 64.1 Å². The zero-order valence-electron chi connectivity index (χ0n) is 20.6. The van der Waals surface area contributed by atoms with Crippen molar-refractivity contribution in [1.29, 1.82) is 0 Å². The first-order valence-electron chi connectivity index (χ1n) is 12.1. The predicted octanol–water partition coefficient (Wildman–Crippen LogP) is 4.61. The number of benzene rings is 2. The molecule has 196 valence electrons. The fraction of sp³-hybridized carbons (Fsp3) is 0.462. The Balaban J connectivity index is 1.70. The number of carbonyl (C=O) groups is 2. The second-order valence-electron chi connectivity index (χ2n) is 9.23. The van der Waals surface area contributed by atoms with Gasteiger partial charge in [0.15, 0.2) is 0 Å². The second-order valence-corrected chi connectivity index (χ2v) is 12.1. The van der Waals surface area contributed by atoms with E-state index in [1.807, 2.05) is 24.3 Å². The van der Waals surface area contributed by atoms with Crippen molar-refractivity contribution in [1.82, 2.24) is 10.2 Å². The van der Waals surface area contributed by atoms with Gasteiger partial charge in [0, 0.05) is 30.0 Å². The van der Waals surface area contributed by atoms with Crippen LogP contribution in [0.3, 0.4) is 0 Å². The summed E-state index contributed by atoms with van der Waals surface area (Å²) in [6.07, 6.45) is 5.46. The Morgan fingerprint density at radius 3 is 2.28 bits per heavy atom. The Labute approximate surface area is 221 Å². The van der Waals surface area contributed by atoms with Crippen LogP contribution in [0, 0.1) is 5.82 Å². The number of nitrogens with one attached hydrogen (secondary N) is 1. The van der Waals surface area contributed by atoms with Crippen LogP contribution < -0.4 is 9.62 Å². The molecule has 10 heteroatoms. The molecule has 1 N–H and O–H groups in total. The van der Waals surface area contributed by atoms with E-state index in [9.17, 15) is 22.4 Å². The van der Waals surface area contributed by atoms with Gasteiger partial charge >= 0.3 is 0 Å². The summed E-state index contributed by atoms with van der Waals surface area (Å²) < 4.78 is 40.1. The van der Waals surface area contributed by atoms with E-state index < -0.39 is 21.9 Å². The molecule has 36 heavy (non-hydrogen) atoms. The lowest BCUT2D eigenvalue weighted by atomic mass is 10.1. The monoisotopic (exact) mass is 581 g/mol. The first-order chi connectivity index (χ1) is 17.0. The number of rotatable bonds is 11. The molecule has 7 nitrogen and oxygen atoms in total. The Bertz CT molecular complexity index is 1140. The molecule has 0 heterocycles. The second kappa shape index (κ2) is 12.7. The van der Waals surface area contributed by atoms with Crippen molar-refractivity contribution in [3.05, 3.63) is 64.4 Å². The summed E-state index contributed by atoms with van der Waals surface area (Å²) in [6, 6.07) is 12.2. The van der Waals surface area contributed by atoms with Gasteiger partial charge in [-0.1, -0.05) is 40.9 Å². The van der Waals surface area contributed by atoms with E-state index in [-0.39, 0.29) is 43.8 Å². The summed E-state index contributed by atoms with van der Waals surface area (Å²) in [5.41, 5.74) is 1.22. The van der Waals surface area contributed by atoms with Crippen molar-refractivity contribution in [3.8, 4) is 0 Å². The summed E-state index contributed by atoms with van der Waals surface area (Å²) in [5, 5.41) is 3.07. The molecule has 0 unspecified atom stereocenters. The lowest BCUT2D eigenvalue weighted by Crippen LogP contribution is -2.49. The van der Waals surface area contributed by atoms with Crippen molar-refractivity contribution in [3.63, 3.8) is 0 Å². The molecule has 3 rings (SSSR count). The highest BCUT2D eigenvalue weighted by atomic mass is 79.9. The normalized spacial score (nSPS) is 14.9. The van der Waals surface area contributed by atoms with E-state index in [1.165, 1.54) is 24.3 Å². The average Bonchev–Trinajstić information content (AvgIpc) is 3.34. The van der Waals surface area contributed by atoms with Gasteiger partial charge in [0.2, 0.25) is 21.8 Å². The van der Waals surface area contributed by atoms with Crippen LogP contribution in [0.25, 0.3) is 0 Å². The van der Waals surface area contributed by atoms with E-state index in [2.05, 4.69) is 21.2 Å². The summed E-state index contributed by atoms with van der Waals surface area (Å²) in [4.78, 5) is 27.9. The summed E-state index contributed by atoms with van der Waals surface area (Å²) in [6.45, 7) is 2.05. The zero-order valence-corrected chi connectivity index (χ0v) is 23.0. The van der Waals surface area contributed by atoms with Crippen molar-refractivity contribution >= 4 is 43.5 Å². The van der Waals surface area contributed by atoms with Crippen molar-refractivity contribution in [2.24, 2.45) is 0 Å². The van der Waals surface area contributed by atoms with Crippen LogP contribution in [-0.4, -0.2) is 50.0 Å². The molecular formula is C26H33BrFN3O4S. The number of halogens is 2. The summed E-state index contributed by atoms with van der Waals surface area (Å²) in [5.74, 6) is -0.883. The van der Waals surface area contributed by atoms with Crippen LogP contribution in [0.15, 0.2) is 53.0 Å². The number of anilines is 1. The van der Waals surface area contributed by atoms with Gasteiger partial charge in [-0.05, 0) is 68.1 Å². The Hall–Kier alpha value is -2.46. The molecule has 0 aromatic heterocycles. The van der Waals surface area contributed by atoms with E-state index in [0.29, 0.717) is 5.69 Å². The summed E-state index contributed by atoms with van der Waals surface area (Å²) >= 11 is 3.41. The Morgan fingerprint density at radius 2 is 1.69 bits per heavy atom. The number of amides is 2. The molecule has 1 fully saturated rings. The van der Waals surface area contributed by atoms with Crippen LogP contribution in [-0.2, 0) is 26.2 Å². The molecule has 0 aliphatic heterocycles. The van der Waals surface area contributed by atoms with Gasteiger partial charge in [-0.25, -0.2) is 12.8 Å². The zero-order chi connectivity index (χ0) is 26.3. The number of hydrogen-bond acceptors (Lipinski definition) is 4. The molecule has 1 atom stereocenters. The average molecular weight is 583 g/mol. The highest BCUT2D eigenvalue weighted by Gasteiger charge is 2.28. The minimum Gasteiger partial charge on any atom is -0.352 e. The first kappa shape index (κ1) is 28.1. The maximum Gasteiger partial charge on any atom is 0.242 e. The molecular weight excluding hydrogens is 549 g/mol.